The lowest BCUT2D eigenvalue weighted by Crippen LogP contribution is -2.61. The average molecular weight is 909 g/mol. The van der Waals surface area contributed by atoms with Gasteiger partial charge < -0.3 is 64.8 Å². The number of carbonyl (C=O) groups is 8. The van der Waals surface area contributed by atoms with E-state index in [2.05, 4.69) is 47.5 Å². The van der Waals surface area contributed by atoms with Crippen LogP contribution in [0.5, 0.6) is 0 Å². The topological polar surface area (TPSA) is 344 Å². The van der Waals surface area contributed by atoms with Crippen LogP contribution < -0.4 is 59.7 Å². The molecule has 0 bridgehead atoms. The van der Waals surface area contributed by atoms with Crippen LogP contribution in [0.25, 0.3) is 0 Å². The maximum absolute atomic E-state index is 14.2. The van der Waals surface area contributed by atoms with Gasteiger partial charge in [0.15, 0.2) is 0 Å². The summed E-state index contributed by atoms with van der Waals surface area (Å²) in [4.78, 5) is 115. The van der Waals surface area contributed by atoms with Crippen molar-refractivity contribution in [2.24, 2.45) is 23.1 Å². The smallest absolute Gasteiger partial charge is 0.245 e. The Hall–Kier alpha value is -6.03. The summed E-state index contributed by atoms with van der Waals surface area (Å²) >= 11 is 0. The lowest BCUT2D eigenvalue weighted by Gasteiger charge is -2.28. The van der Waals surface area contributed by atoms with Gasteiger partial charge in [0, 0.05) is 24.9 Å². The molecule has 8 atom stereocenters. The number of aromatic nitrogens is 1. The summed E-state index contributed by atoms with van der Waals surface area (Å²) in [6.45, 7) is 6.38. The molecule has 0 spiro atoms. The van der Waals surface area contributed by atoms with Crippen LogP contribution in [0.2, 0.25) is 0 Å². The summed E-state index contributed by atoms with van der Waals surface area (Å²) in [6, 6.07) is 2.95. The third-order valence-electron chi connectivity index (χ3n) is 10.6. The number of benzene rings is 1. The lowest BCUT2D eigenvalue weighted by molar-refractivity contribution is -0.136. The number of carbonyl (C=O) groups excluding carboxylic acids is 8. The van der Waals surface area contributed by atoms with Gasteiger partial charge in [-0.3, -0.25) is 43.3 Å². The average Bonchev–Trinajstić information content (AvgIpc) is 3.26. The zero-order valence-electron chi connectivity index (χ0n) is 37.7. The highest BCUT2D eigenvalue weighted by Crippen LogP contribution is 2.11. The van der Waals surface area contributed by atoms with Crippen LogP contribution in [0.4, 0.5) is 0 Å². The predicted octanol–water partition coefficient (Wildman–Crippen LogP) is -3.18. The van der Waals surface area contributed by atoms with Crippen LogP contribution in [-0.4, -0.2) is 132 Å². The lowest BCUT2D eigenvalue weighted by atomic mass is 10.00. The minimum absolute atomic E-state index is 0.0282. The largest absolute Gasteiger partial charge is 0.391 e. The standard InChI is InChI=1S/C44H68N12O9/c1-5-27-11-12-29(49-24-27)23-36(58)50-33-16-20-48-44(65)37(26(4)57)56-41(62)32(15-19-47)52-38(59)30(13-17-45)53-42(63)34(21-25(2)3)54-43(64)35(22-28-9-7-6-8-10-28)55-39(60)31(14-18-46)51-40(33)61/h6-12,24-26,30-35,37,57H,5,13-23,45-47H2,1-4H3,(H,48,65)(H,50,58)(H,51,61)(H,52,59)(H,53,63)(H,54,64)(H,55,60)(H,56,62)/t26-,30+,31+,32+,33+,34+,35-,37+/m1/s1. The minimum Gasteiger partial charge on any atom is -0.391 e. The normalized spacial score (nSPS) is 24.0. The molecule has 2 aromatic rings. The molecule has 1 aromatic carbocycles. The zero-order chi connectivity index (χ0) is 48.1. The van der Waals surface area contributed by atoms with Crippen molar-refractivity contribution < 1.29 is 43.5 Å². The van der Waals surface area contributed by atoms with E-state index < -0.39 is 95.7 Å². The van der Waals surface area contributed by atoms with Crippen LogP contribution >= 0.6 is 0 Å². The Kier molecular flexibility index (Phi) is 22.4. The molecule has 1 aliphatic rings. The van der Waals surface area contributed by atoms with Gasteiger partial charge in [-0.25, -0.2) is 0 Å². The number of hydrogen-bond acceptors (Lipinski definition) is 13. The fourth-order valence-electron chi connectivity index (χ4n) is 6.99. The van der Waals surface area contributed by atoms with E-state index in [9.17, 15) is 43.5 Å². The summed E-state index contributed by atoms with van der Waals surface area (Å²) in [5.74, 6) is -6.38. The Morgan fingerprint density at radius 2 is 1.18 bits per heavy atom. The van der Waals surface area contributed by atoms with Gasteiger partial charge in [0.25, 0.3) is 0 Å². The first-order valence-electron chi connectivity index (χ1n) is 22.1. The van der Waals surface area contributed by atoms with Crippen molar-refractivity contribution in [3.05, 3.63) is 65.5 Å². The molecule has 15 N–H and O–H groups in total. The van der Waals surface area contributed by atoms with Crippen LogP contribution in [0.3, 0.4) is 0 Å². The molecule has 0 aliphatic carbocycles. The highest BCUT2D eigenvalue weighted by Gasteiger charge is 2.35. The van der Waals surface area contributed by atoms with E-state index in [1.54, 1.807) is 42.6 Å². The molecule has 1 aromatic heterocycles. The van der Waals surface area contributed by atoms with E-state index in [4.69, 9.17) is 17.2 Å². The van der Waals surface area contributed by atoms with E-state index in [1.807, 2.05) is 26.8 Å². The molecule has 2 heterocycles. The second-order valence-electron chi connectivity index (χ2n) is 16.5. The van der Waals surface area contributed by atoms with Crippen molar-refractivity contribution in [3.8, 4) is 0 Å². The fourth-order valence-corrected chi connectivity index (χ4v) is 6.99. The van der Waals surface area contributed by atoms with Gasteiger partial charge >= 0.3 is 0 Å². The molecule has 0 saturated carbocycles. The molecular weight excluding hydrogens is 841 g/mol. The first-order chi connectivity index (χ1) is 31.0. The van der Waals surface area contributed by atoms with E-state index in [0.29, 0.717) is 11.3 Å². The summed E-state index contributed by atoms with van der Waals surface area (Å²) < 4.78 is 0. The van der Waals surface area contributed by atoms with Crippen molar-refractivity contribution >= 4 is 47.3 Å². The number of nitrogens with two attached hydrogens (primary N) is 3. The molecule has 1 fully saturated rings. The molecule has 1 aliphatic heterocycles. The van der Waals surface area contributed by atoms with Gasteiger partial charge in [-0.15, -0.1) is 0 Å². The second-order valence-corrected chi connectivity index (χ2v) is 16.5. The number of amides is 8. The Morgan fingerprint density at radius 1 is 0.677 bits per heavy atom. The fraction of sp³-hybridized carbons (Fsp3) is 0.568. The van der Waals surface area contributed by atoms with Crippen molar-refractivity contribution in [1.82, 2.24) is 47.5 Å². The quantitative estimate of drug-likeness (QED) is 0.0840. The molecule has 0 unspecified atom stereocenters. The molecular formula is C44H68N12O9. The summed E-state index contributed by atoms with van der Waals surface area (Å²) in [5.41, 5.74) is 19.6. The van der Waals surface area contributed by atoms with Gasteiger partial charge in [0.1, 0.15) is 42.3 Å². The van der Waals surface area contributed by atoms with E-state index in [1.165, 1.54) is 6.92 Å². The molecule has 21 nitrogen and oxygen atoms in total. The maximum Gasteiger partial charge on any atom is 0.245 e. The number of hydrogen-bond donors (Lipinski definition) is 12. The minimum atomic E-state index is -1.55. The van der Waals surface area contributed by atoms with Crippen molar-refractivity contribution in [2.75, 3.05) is 26.2 Å². The van der Waals surface area contributed by atoms with Gasteiger partial charge in [0.05, 0.1) is 12.5 Å². The number of aliphatic hydroxyl groups excluding tert-OH is 1. The van der Waals surface area contributed by atoms with Crippen LogP contribution in [-0.2, 0) is 57.6 Å². The predicted molar refractivity (Wildman–Crippen MR) is 241 cm³/mol. The number of aryl methyl sites for hydroxylation is 1. The molecule has 65 heavy (non-hydrogen) atoms. The van der Waals surface area contributed by atoms with Gasteiger partial charge in [0.2, 0.25) is 47.3 Å². The zero-order valence-corrected chi connectivity index (χ0v) is 37.7. The third kappa shape index (κ3) is 17.8. The molecule has 8 amide bonds. The van der Waals surface area contributed by atoms with E-state index in [0.717, 1.165) is 12.0 Å². The SMILES string of the molecule is CCc1ccc(CC(=O)N[C@H]2CCNC(=O)[C@H]([C@@H](C)O)NC(=O)[C@H](CCN)NC(=O)[C@H](CCN)NC(=O)[C@H](CC(C)C)NC(=O)[C@@H](Cc3ccccc3)NC(=O)[C@H](CCN)NC2=O)nc1. The second kappa shape index (κ2) is 27.3. The maximum atomic E-state index is 14.2. The molecule has 3 rings (SSSR count). The van der Waals surface area contributed by atoms with Crippen LogP contribution in [0.1, 0.15) is 76.6 Å². The molecule has 358 valence electrons. The highest BCUT2D eigenvalue weighted by atomic mass is 16.3. The van der Waals surface area contributed by atoms with Crippen LogP contribution in [0.15, 0.2) is 48.7 Å². The van der Waals surface area contributed by atoms with Crippen molar-refractivity contribution in [1.29, 1.82) is 0 Å². The summed E-state index contributed by atoms with van der Waals surface area (Å²) in [7, 11) is 0. The van der Waals surface area contributed by atoms with Gasteiger partial charge in [-0.2, -0.15) is 0 Å². The van der Waals surface area contributed by atoms with Crippen molar-refractivity contribution in [2.45, 2.75) is 127 Å². The molecule has 0 radical (unpaired) electrons. The third-order valence-corrected chi connectivity index (χ3v) is 10.6. The first kappa shape index (κ1) is 53.3. The van der Waals surface area contributed by atoms with Crippen LogP contribution in [0, 0.1) is 5.92 Å². The number of aliphatic hydroxyl groups is 1. The Morgan fingerprint density at radius 3 is 1.69 bits per heavy atom. The molecule has 1 saturated heterocycles. The van der Waals surface area contributed by atoms with Gasteiger partial charge in [-0.05, 0) is 88.2 Å². The Bertz CT molecular complexity index is 1900. The first-order valence-corrected chi connectivity index (χ1v) is 22.1. The van der Waals surface area contributed by atoms with E-state index in [-0.39, 0.29) is 77.0 Å². The Labute approximate surface area is 379 Å². The highest BCUT2D eigenvalue weighted by molar-refractivity contribution is 5.98. The number of rotatable bonds is 15. The number of nitrogens with zero attached hydrogens (tertiary/aromatic N) is 1. The Balaban J connectivity index is 2.09. The monoisotopic (exact) mass is 909 g/mol. The molecule has 21 heteroatoms. The van der Waals surface area contributed by atoms with Crippen molar-refractivity contribution in [3.63, 3.8) is 0 Å². The van der Waals surface area contributed by atoms with E-state index >= 15 is 0 Å². The van der Waals surface area contributed by atoms with Gasteiger partial charge in [-0.1, -0.05) is 57.2 Å². The summed E-state index contributed by atoms with van der Waals surface area (Å²) in [6.07, 6.45) is 0.309. The summed E-state index contributed by atoms with van der Waals surface area (Å²) in [5, 5.41) is 31.6. The number of pyridine rings is 1. The number of nitrogens with one attached hydrogen (secondary N) is 8.